The van der Waals surface area contributed by atoms with Crippen LogP contribution in [0.3, 0.4) is 0 Å². The van der Waals surface area contributed by atoms with Gasteiger partial charge in [0, 0.05) is 5.69 Å². The van der Waals surface area contributed by atoms with E-state index in [1.165, 1.54) is 12.1 Å². The number of amides is 2. The summed E-state index contributed by atoms with van der Waals surface area (Å²) >= 11 is 0. The Kier molecular flexibility index (Phi) is 10.2. The third kappa shape index (κ3) is 7.40. The van der Waals surface area contributed by atoms with Crippen LogP contribution in [0.1, 0.15) is 42.3 Å². The zero-order valence-corrected chi connectivity index (χ0v) is 20.3. The molecule has 0 fully saturated rings. The average Bonchev–Trinajstić information content (AvgIpc) is 2.81. The van der Waals surface area contributed by atoms with E-state index >= 15 is 0 Å². The van der Waals surface area contributed by atoms with Gasteiger partial charge in [0.25, 0.3) is 5.91 Å². The molecule has 2 aromatic rings. The van der Waals surface area contributed by atoms with E-state index in [-0.39, 0.29) is 18.0 Å². The molecule has 0 bridgehead atoms. The highest BCUT2D eigenvalue weighted by Gasteiger charge is 2.20. The van der Waals surface area contributed by atoms with Gasteiger partial charge in [-0.3, -0.25) is 9.59 Å². The van der Waals surface area contributed by atoms with Gasteiger partial charge in [-0.1, -0.05) is 12.1 Å². The van der Waals surface area contributed by atoms with E-state index < -0.39 is 18.5 Å². The molecule has 0 saturated heterocycles. The number of hydrogen-bond donors (Lipinski definition) is 2. The molecule has 184 valence electrons. The monoisotopic (exact) mass is 472 g/mol. The van der Waals surface area contributed by atoms with E-state index in [1.54, 1.807) is 6.07 Å². The van der Waals surface area contributed by atoms with Crippen LogP contribution in [0.4, 0.5) is 5.69 Å². The second kappa shape index (κ2) is 13.1. The molecule has 2 amide bonds. The molecule has 2 aromatic carbocycles. The van der Waals surface area contributed by atoms with Crippen molar-refractivity contribution in [2.45, 2.75) is 34.6 Å². The number of carbonyl (C=O) groups excluding carboxylic acids is 3. The van der Waals surface area contributed by atoms with E-state index in [0.717, 1.165) is 11.1 Å². The molecule has 9 heteroatoms. The van der Waals surface area contributed by atoms with Crippen LogP contribution in [0.5, 0.6) is 17.2 Å². The lowest BCUT2D eigenvalue weighted by atomic mass is 10.1. The van der Waals surface area contributed by atoms with Crippen molar-refractivity contribution >= 4 is 23.5 Å². The lowest BCUT2D eigenvalue weighted by Crippen LogP contribution is -2.35. The maximum absolute atomic E-state index is 12.5. The first kappa shape index (κ1) is 26.5. The standard InChI is InChI=1S/C25H32N2O7/c1-6-31-20-12-18(13-21(32-7-2)24(20)33-8-3)25(30)34-15-23(29)26-14-22(28)27-19-11-9-10-16(4)17(19)5/h9-13H,6-8,14-15H2,1-5H3,(H,26,29)(H,27,28). The van der Waals surface area contributed by atoms with Crippen molar-refractivity contribution in [3.05, 3.63) is 47.0 Å². The summed E-state index contributed by atoms with van der Waals surface area (Å²) in [6.45, 7) is 9.59. The number of rotatable bonds is 12. The Labute approximate surface area is 199 Å². The summed E-state index contributed by atoms with van der Waals surface area (Å²) in [6, 6.07) is 8.53. The summed E-state index contributed by atoms with van der Waals surface area (Å²) in [7, 11) is 0. The van der Waals surface area contributed by atoms with E-state index in [9.17, 15) is 14.4 Å². The van der Waals surface area contributed by atoms with Crippen molar-refractivity contribution < 1.29 is 33.3 Å². The number of ether oxygens (including phenoxy) is 4. The maximum Gasteiger partial charge on any atom is 0.338 e. The second-order valence-corrected chi connectivity index (χ2v) is 7.25. The number of nitrogens with one attached hydrogen (secondary N) is 2. The summed E-state index contributed by atoms with van der Waals surface area (Å²) in [6.07, 6.45) is 0. The molecule has 0 heterocycles. The van der Waals surface area contributed by atoms with Crippen molar-refractivity contribution in [1.29, 1.82) is 0 Å². The minimum atomic E-state index is -0.736. The first-order valence-electron chi connectivity index (χ1n) is 11.2. The van der Waals surface area contributed by atoms with Crippen molar-refractivity contribution in [2.75, 3.05) is 38.3 Å². The van der Waals surface area contributed by atoms with Gasteiger partial charge in [-0.2, -0.15) is 0 Å². The Morgan fingerprint density at radius 1 is 0.853 bits per heavy atom. The quantitative estimate of drug-likeness (QED) is 0.455. The van der Waals surface area contributed by atoms with Gasteiger partial charge in [-0.05, 0) is 63.9 Å². The molecule has 2 rings (SSSR count). The first-order chi connectivity index (χ1) is 16.3. The molecule has 0 radical (unpaired) electrons. The predicted octanol–water partition coefficient (Wildman–Crippen LogP) is 3.41. The highest BCUT2D eigenvalue weighted by molar-refractivity contribution is 5.96. The molecule has 0 atom stereocenters. The SMILES string of the molecule is CCOc1cc(C(=O)OCC(=O)NCC(=O)Nc2cccc(C)c2C)cc(OCC)c1OCC. The van der Waals surface area contributed by atoms with Gasteiger partial charge in [0.15, 0.2) is 18.1 Å². The molecule has 0 aromatic heterocycles. The van der Waals surface area contributed by atoms with Gasteiger partial charge in [0.05, 0.1) is 31.9 Å². The highest BCUT2D eigenvalue weighted by Crippen LogP contribution is 2.39. The van der Waals surface area contributed by atoms with Gasteiger partial charge in [0.2, 0.25) is 11.7 Å². The molecule has 0 saturated carbocycles. The largest absolute Gasteiger partial charge is 0.490 e. The van der Waals surface area contributed by atoms with E-state index in [0.29, 0.717) is 42.8 Å². The van der Waals surface area contributed by atoms with Crippen molar-refractivity contribution in [3.8, 4) is 17.2 Å². The van der Waals surface area contributed by atoms with Crippen LogP contribution in [-0.2, 0) is 14.3 Å². The number of hydrogen-bond acceptors (Lipinski definition) is 7. The minimum absolute atomic E-state index is 0.149. The number of anilines is 1. The molecule has 9 nitrogen and oxygen atoms in total. The molecule has 34 heavy (non-hydrogen) atoms. The van der Waals surface area contributed by atoms with Crippen LogP contribution >= 0.6 is 0 Å². The van der Waals surface area contributed by atoms with Gasteiger partial charge < -0.3 is 29.6 Å². The third-order valence-corrected chi connectivity index (χ3v) is 4.80. The van der Waals surface area contributed by atoms with E-state index in [2.05, 4.69) is 10.6 Å². The zero-order valence-electron chi connectivity index (χ0n) is 20.3. The number of carbonyl (C=O) groups is 3. The van der Waals surface area contributed by atoms with Gasteiger partial charge >= 0.3 is 5.97 Å². The summed E-state index contributed by atoms with van der Waals surface area (Å²) in [4.78, 5) is 36.8. The molecule has 0 aliphatic rings. The molecular formula is C25H32N2O7. The van der Waals surface area contributed by atoms with Gasteiger partial charge in [-0.25, -0.2) is 4.79 Å². The zero-order chi connectivity index (χ0) is 25.1. The Hall–Kier alpha value is -3.75. The predicted molar refractivity (Wildman–Crippen MR) is 128 cm³/mol. The van der Waals surface area contributed by atoms with Crippen molar-refractivity contribution in [3.63, 3.8) is 0 Å². The first-order valence-corrected chi connectivity index (χ1v) is 11.2. The fraction of sp³-hybridized carbons (Fsp3) is 0.400. The Bertz CT molecular complexity index is 993. The molecule has 0 aliphatic carbocycles. The Morgan fingerprint density at radius 2 is 1.47 bits per heavy atom. The van der Waals surface area contributed by atoms with Crippen molar-refractivity contribution in [2.24, 2.45) is 0 Å². The Morgan fingerprint density at radius 3 is 2.06 bits per heavy atom. The number of aryl methyl sites for hydroxylation is 1. The highest BCUT2D eigenvalue weighted by atomic mass is 16.5. The normalized spacial score (nSPS) is 10.3. The molecule has 2 N–H and O–H groups in total. The summed E-state index contributed by atoms with van der Waals surface area (Å²) in [5.74, 6) is -0.645. The second-order valence-electron chi connectivity index (χ2n) is 7.25. The van der Waals surface area contributed by atoms with Crippen LogP contribution in [0.15, 0.2) is 30.3 Å². The summed E-state index contributed by atoms with van der Waals surface area (Å²) in [5.41, 5.74) is 2.82. The van der Waals surface area contributed by atoms with Gasteiger partial charge in [0.1, 0.15) is 0 Å². The van der Waals surface area contributed by atoms with Gasteiger partial charge in [-0.15, -0.1) is 0 Å². The van der Waals surface area contributed by atoms with Crippen LogP contribution in [-0.4, -0.2) is 50.8 Å². The smallest absolute Gasteiger partial charge is 0.338 e. The topological polar surface area (TPSA) is 112 Å². The Balaban J connectivity index is 1.95. The van der Waals surface area contributed by atoms with Crippen LogP contribution in [0, 0.1) is 13.8 Å². The lowest BCUT2D eigenvalue weighted by Gasteiger charge is -2.16. The number of esters is 1. The average molecular weight is 473 g/mol. The van der Waals surface area contributed by atoms with Crippen LogP contribution in [0.25, 0.3) is 0 Å². The third-order valence-electron chi connectivity index (χ3n) is 4.80. The van der Waals surface area contributed by atoms with Crippen molar-refractivity contribution in [1.82, 2.24) is 5.32 Å². The number of benzene rings is 2. The summed E-state index contributed by atoms with van der Waals surface area (Å²) < 4.78 is 21.9. The summed E-state index contributed by atoms with van der Waals surface area (Å²) in [5, 5.41) is 5.18. The van der Waals surface area contributed by atoms with Crippen LogP contribution < -0.4 is 24.8 Å². The van der Waals surface area contributed by atoms with Crippen LogP contribution in [0.2, 0.25) is 0 Å². The molecule has 0 spiro atoms. The fourth-order valence-corrected chi connectivity index (χ4v) is 3.03. The maximum atomic E-state index is 12.5. The van der Waals surface area contributed by atoms with E-state index in [1.807, 2.05) is 46.8 Å². The fourth-order valence-electron chi connectivity index (χ4n) is 3.03. The minimum Gasteiger partial charge on any atom is -0.490 e. The lowest BCUT2D eigenvalue weighted by molar-refractivity contribution is -0.126. The molecule has 0 aliphatic heterocycles. The van der Waals surface area contributed by atoms with E-state index in [4.69, 9.17) is 18.9 Å². The molecule has 0 unspecified atom stereocenters. The molecular weight excluding hydrogens is 440 g/mol.